The van der Waals surface area contributed by atoms with Gasteiger partial charge in [0.1, 0.15) is 6.17 Å². The van der Waals surface area contributed by atoms with Gasteiger partial charge in [-0.3, -0.25) is 4.79 Å². The van der Waals surface area contributed by atoms with Crippen LogP contribution in [0.3, 0.4) is 0 Å². The number of nitrogens with one attached hydrogen (secondary N) is 1. The molecule has 2 heterocycles. The van der Waals surface area contributed by atoms with Crippen LogP contribution >= 0.6 is 15.9 Å². The summed E-state index contributed by atoms with van der Waals surface area (Å²) in [5.74, 6) is -0.156. The van der Waals surface area contributed by atoms with Crippen molar-refractivity contribution >= 4 is 33.6 Å². The maximum Gasteiger partial charge on any atom is 0.407 e. The highest BCUT2D eigenvalue weighted by Crippen LogP contribution is 2.30. The van der Waals surface area contributed by atoms with Crippen LogP contribution in [-0.2, 0) is 0 Å². The Morgan fingerprint density at radius 1 is 1.42 bits per heavy atom. The zero-order chi connectivity index (χ0) is 13.6. The third-order valence-corrected chi connectivity index (χ3v) is 3.96. The number of carboxylic acid groups (broad SMARTS) is 1. The van der Waals surface area contributed by atoms with Crippen molar-refractivity contribution in [3.8, 4) is 0 Å². The summed E-state index contributed by atoms with van der Waals surface area (Å²) in [5.41, 5.74) is 1.48. The molecule has 1 unspecified atom stereocenters. The van der Waals surface area contributed by atoms with Crippen LogP contribution in [0.2, 0.25) is 0 Å². The SMILES string of the molecule is O=C1NC2CN(C(=O)O)CCN2c2cc(Br)ccc21. The van der Waals surface area contributed by atoms with Crippen LogP contribution in [0, 0.1) is 0 Å². The van der Waals surface area contributed by atoms with Gasteiger partial charge in [-0.05, 0) is 18.2 Å². The number of hydrogen-bond donors (Lipinski definition) is 2. The van der Waals surface area contributed by atoms with E-state index in [1.54, 1.807) is 6.07 Å². The quantitative estimate of drug-likeness (QED) is 0.754. The second-order valence-corrected chi connectivity index (χ2v) is 5.49. The Hall–Kier alpha value is -1.76. The van der Waals surface area contributed by atoms with Crippen LogP contribution in [-0.4, -0.2) is 47.8 Å². The van der Waals surface area contributed by atoms with E-state index in [1.165, 1.54) is 4.90 Å². The van der Waals surface area contributed by atoms with E-state index in [0.29, 0.717) is 18.7 Å². The molecule has 0 bridgehead atoms. The second-order valence-electron chi connectivity index (χ2n) is 4.57. The zero-order valence-electron chi connectivity index (χ0n) is 9.97. The van der Waals surface area contributed by atoms with E-state index in [9.17, 15) is 9.59 Å². The van der Waals surface area contributed by atoms with E-state index in [0.717, 1.165) is 10.2 Å². The Balaban J connectivity index is 1.95. The number of anilines is 1. The number of amides is 2. The van der Waals surface area contributed by atoms with E-state index < -0.39 is 6.09 Å². The number of hydrogen-bond acceptors (Lipinski definition) is 3. The van der Waals surface area contributed by atoms with Crippen molar-refractivity contribution in [3.63, 3.8) is 0 Å². The maximum atomic E-state index is 12.0. The number of carbonyl (C=O) groups is 2. The standard InChI is InChI=1S/C12H12BrN3O3/c13-7-1-2-8-9(5-7)16-4-3-15(12(18)19)6-10(16)14-11(8)17/h1-2,5,10H,3-4,6H2,(H,14,17)(H,18,19). The molecule has 6 nitrogen and oxygen atoms in total. The Morgan fingerprint density at radius 2 is 2.21 bits per heavy atom. The highest BCUT2D eigenvalue weighted by Gasteiger charge is 2.36. The molecule has 1 aromatic carbocycles. The first-order valence-electron chi connectivity index (χ1n) is 5.91. The van der Waals surface area contributed by atoms with Crippen LogP contribution in [0.5, 0.6) is 0 Å². The third kappa shape index (κ3) is 2.03. The first-order valence-corrected chi connectivity index (χ1v) is 6.70. The monoisotopic (exact) mass is 325 g/mol. The van der Waals surface area contributed by atoms with Gasteiger partial charge in [0.15, 0.2) is 0 Å². The van der Waals surface area contributed by atoms with Gasteiger partial charge < -0.3 is 20.2 Å². The highest BCUT2D eigenvalue weighted by molar-refractivity contribution is 9.10. The molecule has 1 saturated heterocycles. The zero-order valence-corrected chi connectivity index (χ0v) is 11.6. The van der Waals surface area contributed by atoms with Gasteiger partial charge in [0.25, 0.3) is 5.91 Å². The Bertz CT molecular complexity index is 563. The van der Waals surface area contributed by atoms with E-state index in [4.69, 9.17) is 5.11 Å². The number of benzene rings is 1. The summed E-state index contributed by atoms with van der Waals surface area (Å²) in [6.45, 7) is 1.29. The summed E-state index contributed by atoms with van der Waals surface area (Å²) < 4.78 is 0.903. The lowest BCUT2D eigenvalue weighted by Crippen LogP contribution is -2.63. The summed E-state index contributed by atoms with van der Waals surface area (Å²) in [5, 5.41) is 11.9. The lowest BCUT2D eigenvalue weighted by atomic mass is 10.1. The van der Waals surface area contributed by atoms with Crippen molar-refractivity contribution in [3.05, 3.63) is 28.2 Å². The Kier molecular flexibility index (Phi) is 2.85. The van der Waals surface area contributed by atoms with Crippen molar-refractivity contribution in [2.24, 2.45) is 0 Å². The average molecular weight is 326 g/mol. The molecule has 2 N–H and O–H groups in total. The predicted octanol–water partition coefficient (Wildman–Crippen LogP) is 1.32. The molecule has 2 aliphatic rings. The third-order valence-electron chi connectivity index (χ3n) is 3.46. The predicted molar refractivity (Wildman–Crippen MR) is 72.3 cm³/mol. The Labute approximate surface area is 118 Å². The molecule has 0 aromatic heterocycles. The van der Waals surface area contributed by atoms with E-state index >= 15 is 0 Å². The number of fused-ring (bicyclic) bond motifs is 3. The van der Waals surface area contributed by atoms with Gasteiger partial charge in [-0.25, -0.2) is 4.79 Å². The first-order chi connectivity index (χ1) is 9.06. The lowest BCUT2D eigenvalue weighted by Gasteiger charge is -2.45. The molecule has 7 heteroatoms. The van der Waals surface area contributed by atoms with Gasteiger partial charge in [0.05, 0.1) is 17.8 Å². The molecule has 0 saturated carbocycles. The van der Waals surface area contributed by atoms with Crippen LogP contribution < -0.4 is 10.2 Å². The highest BCUT2D eigenvalue weighted by atomic mass is 79.9. The van der Waals surface area contributed by atoms with Gasteiger partial charge in [0, 0.05) is 17.6 Å². The van der Waals surface area contributed by atoms with Gasteiger partial charge in [-0.15, -0.1) is 0 Å². The average Bonchev–Trinajstić information content (AvgIpc) is 2.37. The summed E-state index contributed by atoms with van der Waals surface area (Å²) in [4.78, 5) is 26.4. The number of halogens is 1. The van der Waals surface area contributed by atoms with Crippen molar-refractivity contribution in [2.75, 3.05) is 24.5 Å². The molecule has 19 heavy (non-hydrogen) atoms. The lowest BCUT2D eigenvalue weighted by molar-refractivity contribution is 0.0882. The molecule has 1 atom stereocenters. The van der Waals surface area contributed by atoms with Crippen LogP contribution in [0.1, 0.15) is 10.4 Å². The molecule has 2 aliphatic heterocycles. The minimum absolute atomic E-state index is 0.156. The number of nitrogens with zero attached hydrogens (tertiary/aromatic N) is 2. The minimum Gasteiger partial charge on any atom is -0.465 e. The molecule has 0 spiro atoms. The van der Waals surface area contributed by atoms with Gasteiger partial charge in [-0.1, -0.05) is 15.9 Å². The fraction of sp³-hybridized carbons (Fsp3) is 0.333. The molecule has 100 valence electrons. The largest absolute Gasteiger partial charge is 0.465 e. The molecular formula is C12H12BrN3O3. The molecular weight excluding hydrogens is 314 g/mol. The van der Waals surface area contributed by atoms with Crippen molar-refractivity contribution in [1.29, 1.82) is 0 Å². The van der Waals surface area contributed by atoms with Gasteiger partial charge in [0.2, 0.25) is 0 Å². The first kappa shape index (κ1) is 12.3. The fourth-order valence-corrected chi connectivity index (χ4v) is 2.88. The van der Waals surface area contributed by atoms with Gasteiger partial charge in [-0.2, -0.15) is 0 Å². The van der Waals surface area contributed by atoms with Crippen molar-refractivity contribution < 1.29 is 14.7 Å². The molecule has 1 fully saturated rings. The van der Waals surface area contributed by atoms with E-state index in [-0.39, 0.29) is 18.6 Å². The van der Waals surface area contributed by atoms with E-state index in [1.807, 2.05) is 17.0 Å². The smallest absolute Gasteiger partial charge is 0.407 e. The number of piperazine rings is 1. The van der Waals surface area contributed by atoms with Crippen molar-refractivity contribution in [1.82, 2.24) is 10.2 Å². The topological polar surface area (TPSA) is 72.9 Å². The molecule has 2 amide bonds. The molecule has 0 radical (unpaired) electrons. The van der Waals surface area contributed by atoms with Gasteiger partial charge >= 0.3 is 6.09 Å². The minimum atomic E-state index is -0.950. The summed E-state index contributed by atoms with van der Waals surface area (Å²) in [6, 6.07) is 5.50. The van der Waals surface area contributed by atoms with Crippen LogP contribution in [0.15, 0.2) is 22.7 Å². The van der Waals surface area contributed by atoms with Crippen LogP contribution in [0.25, 0.3) is 0 Å². The van der Waals surface area contributed by atoms with Crippen LogP contribution in [0.4, 0.5) is 10.5 Å². The Morgan fingerprint density at radius 3 is 2.95 bits per heavy atom. The molecule has 1 aromatic rings. The summed E-state index contributed by atoms with van der Waals surface area (Å²) in [7, 11) is 0. The second kappa shape index (κ2) is 4.41. The number of carbonyl (C=O) groups excluding carboxylic acids is 1. The fourth-order valence-electron chi connectivity index (χ4n) is 2.53. The summed E-state index contributed by atoms with van der Waals surface area (Å²) >= 11 is 3.40. The van der Waals surface area contributed by atoms with E-state index in [2.05, 4.69) is 21.2 Å². The van der Waals surface area contributed by atoms with Crippen molar-refractivity contribution in [2.45, 2.75) is 6.17 Å². The normalized spacial score (nSPS) is 21.5. The molecule has 3 rings (SSSR count). The summed E-state index contributed by atoms with van der Waals surface area (Å²) in [6.07, 6.45) is -1.24. The maximum absolute atomic E-state index is 12.0. The number of rotatable bonds is 0. The molecule has 0 aliphatic carbocycles.